The molecule has 3 aliphatic heterocycles. The Balaban J connectivity index is 1.17. The monoisotopic (exact) mass is 673 g/mol. The van der Waals surface area contributed by atoms with E-state index in [9.17, 15) is 14.6 Å². The lowest BCUT2D eigenvalue weighted by atomic mass is 10.2. The number of anilines is 2. The Labute approximate surface area is 251 Å². The van der Waals surface area contributed by atoms with Crippen LogP contribution in [0.3, 0.4) is 0 Å². The average molecular weight is 674 g/mol. The fourth-order valence-corrected chi connectivity index (χ4v) is 8.33. The molecule has 4 aromatic heterocycles. The standard InChI is InChI=1S/C21H25N9O9P2S2/c22-16-10-1-2-29(17(10)25-7-24-16)14-4-11-13(37-14)6-35-41(33,43)39-12-3-9(5-34-40(32,42)38-11)36-20(12)30-8-26-15-18(30)27-21(23)28-19(15)31/h1-2,7-9,11-14,20H,3-6H2,(H,32,42)(H,33,43)(H2,22,24,25)(H3,23,27,28,31)/t9?,11-,12+,13?,14+,20+,40?,41?/m0/s1. The summed E-state index contributed by atoms with van der Waals surface area (Å²) in [5, 5.41) is 0.637. The number of aromatic nitrogens is 7. The lowest BCUT2D eigenvalue weighted by molar-refractivity contribution is -0.0594. The van der Waals surface area contributed by atoms with Crippen LogP contribution in [0.1, 0.15) is 25.3 Å². The number of ether oxygens (including phenoxy) is 2. The highest BCUT2D eigenvalue weighted by atomic mass is 32.5. The molecule has 0 spiro atoms. The normalized spacial score (nSPS) is 35.4. The second-order valence-electron chi connectivity index (χ2n) is 10.1. The van der Waals surface area contributed by atoms with Crippen molar-refractivity contribution in [2.24, 2.45) is 0 Å². The van der Waals surface area contributed by atoms with Gasteiger partial charge in [-0.05, 0) is 29.7 Å². The van der Waals surface area contributed by atoms with Crippen molar-refractivity contribution < 1.29 is 37.4 Å². The van der Waals surface area contributed by atoms with E-state index >= 15 is 0 Å². The van der Waals surface area contributed by atoms with Gasteiger partial charge in [-0.2, -0.15) is 4.98 Å². The Morgan fingerprint density at radius 2 is 1.72 bits per heavy atom. The first-order valence-electron chi connectivity index (χ1n) is 12.9. The van der Waals surface area contributed by atoms with Gasteiger partial charge in [0.2, 0.25) is 5.95 Å². The van der Waals surface area contributed by atoms with Crippen LogP contribution in [0.5, 0.6) is 0 Å². The van der Waals surface area contributed by atoms with Gasteiger partial charge in [0.15, 0.2) is 17.4 Å². The van der Waals surface area contributed by atoms with Gasteiger partial charge in [-0.3, -0.25) is 14.3 Å². The highest BCUT2D eigenvalue weighted by Crippen LogP contribution is 2.54. The zero-order valence-corrected chi connectivity index (χ0v) is 25.3. The third kappa shape index (κ3) is 5.63. The van der Waals surface area contributed by atoms with Crippen LogP contribution in [0.15, 0.2) is 29.7 Å². The number of fused-ring (bicyclic) bond motifs is 5. The number of hydrogen-bond donors (Lipinski definition) is 5. The molecule has 0 aliphatic carbocycles. The molecule has 7 heterocycles. The van der Waals surface area contributed by atoms with Gasteiger partial charge in [-0.15, -0.1) is 0 Å². The van der Waals surface area contributed by atoms with E-state index in [1.807, 2.05) is 0 Å². The van der Waals surface area contributed by atoms with Crippen molar-refractivity contribution in [1.82, 2.24) is 34.1 Å². The molecule has 4 aromatic rings. The van der Waals surface area contributed by atoms with E-state index in [1.54, 1.807) is 16.8 Å². The van der Waals surface area contributed by atoms with Gasteiger partial charge in [0.05, 0.1) is 37.1 Å². The maximum Gasteiger partial charge on any atom is 0.325 e. The molecule has 18 nitrogen and oxygen atoms in total. The maximum atomic E-state index is 12.3. The minimum atomic E-state index is -3.92. The molecular formula is C21H25N9O9P2S2. The summed E-state index contributed by atoms with van der Waals surface area (Å²) in [5.41, 5.74) is 11.9. The molecule has 3 fully saturated rings. The molecular weight excluding hydrogens is 648 g/mol. The zero-order chi connectivity index (χ0) is 30.1. The van der Waals surface area contributed by atoms with E-state index in [2.05, 4.69) is 24.9 Å². The fourth-order valence-electron chi connectivity index (χ4n) is 5.40. The Kier molecular flexibility index (Phi) is 7.40. The summed E-state index contributed by atoms with van der Waals surface area (Å²) in [6, 6.07) is 1.76. The average Bonchev–Trinajstić information content (AvgIpc) is 3.71. The molecule has 7 rings (SSSR count). The molecule has 7 N–H and O–H groups in total. The molecule has 0 radical (unpaired) electrons. The van der Waals surface area contributed by atoms with Gasteiger partial charge < -0.3 is 53.4 Å². The molecule has 3 saturated heterocycles. The van der Waals surface area contributed by atoms with Crippen molar-refractivity contribution in [1.29, 1.82) is 0 Å². The number of rotatable bonds is 2. The van der Waals surface area contributed by atoms with Crippen molar-refractivity contribution in [2.45, 2.75) is 49.7 Å². The number of aromatic amines is 1. The van der Waals surface area contributed by atoms with Crippen LogP contribution in [-0.2, 0) is 51.2 Å². The molecule has 2 bridgehead atoms. The highest BCUT2D eigenvalue weighted by Gasteiger charge is 2.45. The third-order valence-corrected chi connectivity index (χ3v) is 10.4. The molecule has 8 atom stereocenters. The van der Waals surface area contributed by atoms with E-state index in [4.69, 9.17) is 62.6 Å². The second-order valence-corrected chi connectivity index (χ2v) is 15.6. The number of nitrogens with zero attached hydrogens (tertiary/aromatic N) is 6. The summed E-state index contributed by atoms with van der Waals surface area (Å²) in [4.78, 5) is 53.4. The topological polar surface area (TPSA) is 242 Å². The Bertz CT molecular complexity index is 1870. The van der Waals surface area contributed by atoms with Crippen LogP contribution in [0.4, 0.5) is 11.8 Å². The van der Waals surface area contributed by atoms with Gasteiger partial charge >= 0.3 is 13.4 Å². The number of H-pyrrole nitrogens is 1. The lowest BCUT2D eigenvalue weighted by Crippen LogP contribution is -2.29. The van der Waals surface area contributed by atoms with E-state index in [0.717, 1.165) is 0 Å². The first kappa shape index (κ1) is 29.3. The molecule has 0 aromatic carbocycles. The van der Waals surface area contributed by atoms with Crippen molar-refractivity contribution in [3.63, 3.8) is 0 Å². The summed E-state index contributed by atoms with van der Waals surface area (Å²) in [6.45, 7) is -8.18. The SMILES string of the molecule is Nc1nc2c(ncn2[C@@H]2OC3COP(O)(=S)O[C@H]4C[C@H](n5ccc6c(N)ncnc65)OC4COP(O)(=S)O[C@@H]2C3)c(=O)[nH]1. The summed E-state index contributed by atoms with van der Waals surface area (Å²) < 4.78 is 38.8. The largest absolute Gasteiger partial charge is 0.383 e. The van der Waals surface area contributed by atoms with Crippen molar-refractivity contribution in [3.05, 3.63) is 35.3 Å². The fraction of sp³-hybridized carbons (Fsp3) is 0.476. The summed E-state index contributed by atoms with van der Waals surface area (Å²) in [7, 11) is 0. The molecule has 3 aliphatic rings. The van der Waals surface area contributed by atoms with E-state index in [-0.39, 0.29) is 43.2 Å². The smallest absolute Gasteiger partial charge is 0.325 e. The number of nitrogens with one attached hydrogen (secondary N) is 1. The molecule has 0 saturated carbocycles. The van der Waals surface area contributed by atoms with Gasteiger partial charge in [0, 0.05) is 19.0 Å². The lowest BCUT2D eigenvalue weighted by Gasteiger charge is -2.27. The van der Waals surface area contributed by atoms with Gasteiger partial charge in [-0.25, -0.2) is 15.0 Å². The minimum Gasteiger partial charge on any atom is -0.383 e. The van der Waals surface area contributed by atoms with Gasteiger partial charge in [-0.1, -0.05) is 0 Å². The Morgan fingerprint density at radius 1 is 0.953 bits per heavy atom. The quantitative estimate of drug-likeness (QED) is 0.183. The summed E-state index contributed by atoms with van der Waals surface area (Å²) in [6.07, 6.45) is -0.0101. The molecule has 22 heteroatoms. The van der Waals surface area contributed by atoms with Crippen LogP contribution < -0.4 is 17.0 Å². The minimum absolute atomic E-state index is 0.0215. The highest BCUT2D eigenvalue weighted by molar-refractivity contribution is 8.07. The van der Waals surface area contributed by atoms with Gasteiger partial charge in [0.25, 0.3) is 5.56 Å². The third-order valence-electron chi connectivity index (χ3n) is 7.26. The predicted molar refractivity (Wildman–Crippen MR) is 156 cm³/mol. The number of hydrogen-bond acceptors (Lipinski definition) is 15. The van der Waals surface area contributed by atoms with E-state index < -0.39 is 55.9 Å². The van der Waals surface area contributed by atoms with Crippen LogP contribution in [0.25, 0.3) is 22.2 Å². The van der Waals surface area contributed by atoms with Crippen LogP contribution in [-0.4, -0.2) is 81.5 Å². The van der Waals surface area contributed by atoms with E-state index in [1.165, 1.54) is 17.2 Å². The zero-order valence-electron chi connectivity index (χ0n) is 21.9. The number of nitrogen functional groups attached to an aromatic ring is 2. The van der Waals surface area contributed by atoms with Gasteiger partial charge in [0.1, 0.15) is 36.2 Å². The number of nitrogens with two attached hydrogens (primary N) is 2. The van der Waals surface area contributed by atoms with Crippen LogP contribution >= 0.6 is 13.4 Å². The van der Waals surface area contributed by atoms with Crippen molar-refractivity contribution in [2.75, 3.05) is 24.7 Å². The second kappa shape index (κ2) is 10.9. The Hall–Kier alpha value is -2.45. The first-order chi connectivity index (χ1) is 20.5. The van der Waals surface area contributed by atoms with Crippen LogP contribution in [0, 0.1) is 0 Å². The molecule has 43 heavy (non-hydrogen) atoms. The van der Waals surface area contributed by atoms with Crippen molar-refractivity contribution in [3.8, 4) is 0 Å². The molecule has 230 valence electrons. The Morgan fingerprint density at radius 3 is 2.53 bits per heavy atom. The van der Waals surface area contributed by atoms with Crippen molar-refractivity contribution >= 4 is 71.0 Å². The summed E-state index contributed by atoms with van der Waals surface area (Å²) >= 11 is 10.7. The summed E-state index contributed by atoms with van der Waals surface area (Å²) in [5.74, 6) is 0.185. The molecule has 4 unspecified atom stereocenters. The molecule has 0 amide bonds. The van der Waals surface area contributed by atoms with E-state index in [0.29, 0.717) is 16.9 Å². The predicted octanol–water partition coefficient (Wildman–Crippen LogP) is 0.555. The van der Waals surface area contributed by atoms with Crippen LogP contribution in [0.2, 0.25) is 0 Å². The maximum absolute atomic E-state index is 12.3. The number of imidazole rings is 1. The first-order valence-corrected chi connectivity index (χ1v) is 18.1.